The third-order valence-corrected chi connectivity index (χ3v) is 5.90. The van der Waals surface area contributed by atoms with E-state index < -0.39 is 29.7 Å². The molecule has 0 spiro atoms. The first-order chi connectivity index (χ1) is 16.6. The van der Waals surface area contributed by atoms with Crippen molar-refractivity contribution >= 4 is 46.8 Å². The van der Waals surface area contributed by atoms with Crippen molar-refractivity contribution in [3.63, 3.8) is 0 Å². The Kier molecular flexibility index (Phi) is 8.12. The fraction of sp³-hybridized carbons (Fsp3) is 0.182. The van der Waals surface area contributed by atoms with Gasteiger partial charge in [0.2, 0.25) is 0 Å². The Morgan fingerprint density at radius 3 is 2.49 bits per heavy atom. The van der Waals surface area contributed by atoms with Crippen LogP contribution in [-0.4, -0.2) is 54.5 Å². The molecular formula is C22H20ClN5O6S. The lowest BCUT2D eigenvalue weighted by Crippen LogP contribution is -2.53. The smallest absolute Gasteiger partial charge is 0.322 e. The van der Waals surface area contributed by atoms with Crippen molar-refractivity contribution in [1.29, 1.82) is 0 Å². The Hall–Kier alpha value is -3.87. The summed E-state index contributed by atoms with van der Waals surface area (Å²) in [5, 5.41) is 25.6. The number of phenols is 1. The van der Waals surface area contributed by atoms with Crippen molar-refractivity contribution in [3.05, 3.63) is 74.7 Å². The second-order valence-corrected chi connectivity index (χ2v) is 8.53. The van der Waals surface area contributed by atoms with Crippen molar-refractivity contribution in [2.75, 3.05) is 0 Å². The maximum absolute atomic E-state index is 13.2. The van der Waals surface area contributed by atoms with Crippen molar-refractivity contribution in [3.8, 4) is 5.75 Å². The first-order valence-electron chi connectivity index (χ1n) is 10.1. The first-order valence-corrected chi connectivity index (χ1v) is 11.3. The third-order valence-electron chi connectivity index (χ3n) is 4.77. The molecule has 3 amide bonds. The van der Waals surface area contributed by atoms with Crippen LogP contribution in [0.1, 0.15) is 48.6 Å². The maximum atomic E-state index is 13.2. The number of aromatic hydroxyl groups is 1. The number of hydrogen-bond donors (Lipinski definition) is 4. The number of phenolic OH excluding ortho intramolecular Hbond substituents is 1. The first kappa shape index (κ1) is 25.7. The van der Waals surface area contributed by atoms with E-state index in [1.165, 1.54) is 44.2 Å². The Labute approximate surface area is 208 Å². The Bertz CT molecular complexity index is 1300. The highest BCUT2D eigenvalue weighted by Gasteiger charge is 2.31. The Balaban J connectivity index is 1.82. The minimum Gasteiger partial charge on any atom is -0.508 e. The molecule has 2 aromatic carbocycles. The second-order valence-electron chi connectivity index (χ2n) is 7.37. The molecule has 3 rings (SSSR count). The van der Waals surface area contributed by atoms with Gasteiger partial charge in [0.05, 0.1) is 16.3 Å². The van der Waals surface area contributed by atoms with Crippen molar-refractivity contribution in [2.45, 2.75) is 26.4 Å². The predicted molar refractivity (Wildman–Crippen MR) is 126 cm³/mol. The zero-order valence-electron chi connectivity index (χ0n) is 18.5. The maximum Gasteiger partial charge on any atom is 0.322 e. The van der Waals surface area contributed by atoms with E-state index >= 15 is 0 Å². The van der Waals surface area contributed by atoms with Gasteiger partial charge < -0.3 is 15.5 Å². The van der Waals surface area contributed by atoms with E-state index in [-0.39, 0.29) is 39.0 Å². The molecule has 11 nitrogen and oxygen atoms in total. The Morgan fingerprint density at radius 2 is 1.89 bits per heavy atom. The van der Waals surface area contributed by atoms with Crippen LogP contribution < -0.4 is 10.7 Å². The Morgan fingerprint density at radius 1 is 1.14 bits per heavy atom. The van der Waals surface area contributed by atoms with Crippen LogP contribution in [0.5, 0.6) is 5.75 Å². The number of nitrogens with one attached hydrogen (secondary N) is 2. The number of halogens is 1. The van der Waals surface area contributed by atoms with Crippen molar-refractivity contribution in [2.24, 2.45) is 0 Å². The number of aryl methyl sites for hydroxylation is 1. The van der Waals surface area contributed by atoms with Gasteiger partial charge >= 0.3 is 5.97 Å². The lowest BCUT2D eigenvalue weighted by Gasteiger charge is -2.24. The number of aromatic nitrogens is 2. The molecule has 35 heavy (non-hydrogen) atoms. The number of hydrazine groups is 1. The summed E-state index contributed by atoms with van der Waals surface area (Å²) in [6.45, 7) is 2.93. The molecule has 182 valence electrons. The number of benzene rings is 2. The zero-order chi connectivity index (χ0) is 25.7. The van der Waals surface area contributed by atoms with Gasteiger partial charge in [0, 0.05) is 12.1 Å². The lowest BCUT2D eigenvalue weighted by atomic mass is 10.1. The van der Waals surface area contributed by atoms with Gasteiger partial charge in [-0.15, -0.1) is 5.10 Å². The van der Waals surface area contributed by atoms with Crippen molar-refractivity contribution < 1.29 is 29.4 Å². The molecule has 1 atom stereocenters. The van der Waals surface area contributed by atoms with Crippen LogP contribution in [0.3, 0.4) is 0 Å². The molecule has 0 bridgehead atoms. The number of carbonyl (C=O) groups is 4. The molecule has 0 aliphatic heterocycles. The fourth-order valence-electron chi connectivity index (χ4n) is 2.89. The lowest BCUT2D eigenvalue weighted by molar-refractivity contribution is -0.139. The summed E-state index contributed by atoms with van der Waals surface area (Å²) in [6.07, 6.45) is 0. The van der Waals surface area contributed by atoms with Crippen LogP contribution in [0.15, 0.2) is 42.5 Å². The van der Waals surface area contributed by atoms with Crippen molar-refractivity contribution in [1.82, 2.24) is 25.3 Å². The largest absolute Gasteiger partial charge is 0.508 e. The fourth-order valence-corrected chi connectivity index (χ4v) is 3.74. The molecule has 0 aliphatic rings. The number of amides is 3. The van der Waals surface area contributed by atoms with Crippen LogP contribution in [0, 0.1) is 6.92 Å². The second kappa shape index (κ2) is 11.0. The number of imide groups is 1. The van der Waals surface area contributed by atoms with Crippen LogP contribution >= 0.6 is 23.1 Å². The standard InChI is InChI=1S/C22H20ClN5O6S/c1-11-18(35-27-25-11)21(32)28(26-12(2)22(33)34)20(31)16-7-6-14(9-17(16)23)19(30)24-10-13-4-3-5-15(29)8-13/h3-9,12,26,29H,10H2,1-2H3,(H,24,30)(H,33,34)/t12-/m0/s1. The van der Waals surface area contributed by atoms with Gasteiger partial charge in [-0.05, 0) is 61.3 Å². The van der Waals surface area contributed by atoms with E-state index in [4.69, 9.17) is 11.6 Å². The molecule has 0 aliphatic carbocycles. The van der Waals surface area contributed by atoms with E-state index in [0.717, 1.165) is 11.5 Å². The molecule has 0 fully saturated rings. The van der Waals surface area contributed by atoms with Gasteiger partial charge in [0.15, 0.2) is 0 Å². The molecule has 3 aromatic rings. The highest BCUT2D eigenvalue weighted by Crippen LogP contribution is 2.22. The minimum absolute atomic E-state index is 0.0440. The number of carbonyl (C=O) groups excluding carboxylic acids is 3. The van der Waals surface area contributed by atoms with Crippen LogP contribution in [0.2, 0.25) is 5.02 Å². The average molecular weight is 518 g/mol. The van der Waals surface area contributed by atoms with E-state index in [1.807, 2.05) is 0 Å². The number of nitrogens with zero attached hydrogens (tertiary/aromatic N) is 3. The molecule has 1 heterocycles. The van der Waals surface area contributed by atoms with Gasteiger partial charge in [-0.25, -0.2) is 10.4 Å². The zero-order valence-corrected chi connectivity index (χ0v) is 20.1. The molecule has 4 N–H and O–H groups in total. The van der Waals surface area contributed by atoms with Gasteiger partial charge in [0.25, 0.3) is 17.7 Å². The third kappa shape index (κ3) is 6.18. The topological polar surface area (TPSA) is 162 Å². The summed E-state index contributed by atoms with van der Waals surface area (Å²) in [7, 11) is 0. The molecule has 0 unspecified atom stereocenters. The number of aliphatic carboxylic acids is 1. The number of carboxylic acid groups (broad SMARTS) is 1. The molecule has 0 saturated heterocycles. The van der Waals surface area contributed by atoms with E-state index in [9.17, 15) is 29.4 Å². The van der Waals surface area contributed by atoms with Crippen LogP contribution in [0.4, 0.5) is 0 Å². The summed E-state index contributed by atoms with van der Waals surface area (Å²) in [4.78, 5) is 50.1. The van der Waals surface area contributed by atoms with Gasteiger partial charge in [-0.3, -0.25) is 19.2 Å². The molecule has 0 saturated carbocycles. The predicted octanol–water partition coefficient (Wildman–Crippen LogP) is 2.40. The van der Waals surface area contributed by atoms with Gasteiger partial charge in [-0.2, -0.15) is 0 Å². The molecular weight excluding hydrogens is 498 g/mol. The number of carboxylic acids is 1. The van der Waals surface area contributed by atoms with Gasteiger partial charge in [0.1, 0.15) is 16.7 Å². The highest BCUT2D eigenvalue weighted by atomic mass is 35.5. The molecule has 1 aromatic heterocycles. The minimum atomic E-state index is -1.29. The summed E-state index contributed by atoms with van der Waals surface area (Å²) in [5.74, 6) is -3.48. The van der Waals surface area contributed by atoms with Gasteiger partial charge in [-0.1, -0.05) is 28.2 Å². The van der Waals surface area contributed by atoms with Crippen LogP contribution in [-0.2, 0) is 11.3 Å². The summed E-state index contributed by atoms with van der Waals surface area (Å²) in [5.41, 5.74) is 3.33. The summed E-state index contributed by atoms with van der Waals surface area (Å²) in [6, 6.07) is 8.97. The number of rotatable bonds is 8. The SMILES string of the molecule is Cc1nnsc1C(=O)N(N[C@@H](C)C(=O)O)C(=O)c1ccc(C(=O)NCc2cccc(O)c2)cc1Cl. The normalized spacial score (nSPS) is 11.5. The molecule has 13 heteroatoms. The van der Waals surface area contributed by atoms with E-state index in [0.29, 0.717) is 10.6 Å². The number of hydrogen-bond acceptors (Lipinski definition) is 9. The molecule has 0 radical (unpaired) electrons. The average Bonchev–Trinajstić information content (AvgIpc) is 3.25. The van der Waals surface area contributed by atoms with E-state index in [1.54, 1.807) is 12.1 Å². The van der Waals surface area contributed by atoms with E-state index in [2.05, 4.69) is 20.3 Å². The quantitative estimate of drug-likeness (QED) is 0.259. The van der Waals surface area contributed by atoms with Crippen LogP contribution in [0.25, 0.3) is 0 Å². The highest BCUT2D eigenvalue weighted by molar-refractivity contribution is 7.08. The summed E-state index contributed by atoms with van der Waals surface area (Å²) < 4.78 is 3.67. The monoisotopic (exact) mass is 517 g/mol. The summed E-state index contributed by atoms with van der Waals surface area (Å²) >= 11 is 7.03.